The number of hydrogen-bond donors (Lipinski definition) is 1. The van der Waals surface area contributed by atoms with Crippen LogP contribution in [-0.4, -0.2) is 61.9 Å². The van der Waals surface area contributed by atoms with Gasteiger partial charge in [-0.2, -0.15) is 0 Å². The molecule has 0 aromatic heterocycles. The maximum Gasteiger partial charge on any atom is 0.326 e. The van der Waals surface area contributed by atoms with Crippen molar-refractivity contribution in [3.8, 4) is 0 Å². The summed E-state index contributed by atoms with van der Waals surface area (Å²) in [6, 6.07) is 0.656. The van der Waals surface area contributed by atoms with Gasteiger partial charge in [-0.25, -0.2) is 0 Å². The highest BCUT2D eigenvalue weighted by atomic mass is 16.5. The minimum atomic E-state index is -0.527. The second-order valence-electron chi connectivity index (χ2n) is 6.67. The molecule has 1 saturated carbocycles. The maximum absolute atomic E-state index is 12.2. The zero-order valence-corrected chi connectivity index (χ0v) is 14.4. The molecule has 5 nitrogen and oxygen atoms in total. The van der Waals surface area contributed by atoms with Crippen molar-refractivity contribution in [3.05, 3.63) is 0 Å². The number of carbonyl (C=O) groups excluding carboxylic acids is 1. The minimum Gasteiger partial charge on any atom is -0.468 e. The number of rotatable bonds is 8. The van der Waals surface area contributed by atoms with Crippen molar-refractivity contribution in [1.82, 2.24) is 10.2 Å². The number of likely N-dealkylation sites (N-methyl/N-ethyl adjacent to an activating group) is 1. The molecule has 0 spiro atoms. The van der Waals surface area contributed by atoms with Crippen molar-refractivity contribution in [3.63, 3.8) is 0 Å². The Labute approximate surface area is 129 Å². The summed E-state index contributed by atoms with van der Waals surface area (Å²) in [6.07, 6.45) is 2.90. The van der Waals surface area contributed by atoms with Crippen LogP contribution in [0.5, 0.6) is 0 Å². The molecule has 0 aromatic rings. The van der Waals surface area contributed by atoms with Crippen LogP contribution in [0.25, 0.3) is 0 Å². The number of ether oxygens (including phenoxy) is 2. The third kappa shape index (κ3) is 5.24. The number of nitrogens with zero attached hydrogens (tertiary/aromatic N) is 1. The molecule has 0 heterocycles. The van der Waals surface area contributed by atoms with Gasteiger partial charge in [-0.05, 0) is 54.0 Å². The Kier molecular flexibility index (Phi) is 7.10. The number of nitrogens with one attached hydrogen (secondary N) is 1. The van der Waals surface area contributed by atoms with Crippen molar-refractivity contribution in [1.29, 1.82) is 0 Å². The van der Waals surface area contributed by atoms with Crippen LogP contribution in [0.4, 0.5) is 0 Å². The van der Waals surface area contributed by atoms with Gasteiger partial charge in [-0.3, -0.25) is 10.1 Å². The van der Waals surface area contributed by atoms with E-state index in [1.54, 1.807) is 0 Å². The standard InChI is InChI=1S/C16H32N2O3/c1-12(2)17-16(15(19)20-6)8-7-14(11-16)18(5)9-10-21-13(3)4/h12-14,17H,7-11H2,1-6H3. The summed E-state index contributed by atoms with van der Waals surface area (Å²) in [5.41, 5.74) is -0.527. The van der Waals surface area contributed by atoms with Crippen LogP contribution in [-0.2, 0) is 14.3 Å². The second kappa shape index (κ2) is 8.11. The van der Waals surface area contributed by atoms with Gasteiger partial charge in [0, 0.05) is 18.6 Å². The number of esters is 1. The molecule has 0 bridgehead atoms. The first-order chi connectivity index (χ1) is 9.80. The lowest BCUT2D eigenvalue weighted by atomic mass is 9.96. The zero-order valence-electron chi connectivity index (χ0n) is 14.4. The lowest BCUT2D eigenvalue weighted by Crippen LogP contribution is -2.54. The Morgan fingerprint density at radius 1 is 1.38 bits per heavy atom. The molecule has 0 aliphatic heterocycles. The third-order valence-corrected chi connectivity index (χ3v) is 4.15. The van der Waals surface area contributed by atoms with Crippen molar-refractivity contribution < 1.29 is 14.3 Å². The zero-order chi connectivity index (χ0) is 16.0. The smallest absolute Gasteiger partial charge is 0.326 e. The van der Waals surface area contributed by atoms with E-state index < -0.39 is 5.54 Å². The highest BCUT2D eigenvalue weighted by molar-refractivity contribution is 5.81. The van der Waals surface area contributed by atoms with Crippen molar-refractivity contribution in [2.75, 3.05) is 27.3 Å². The fourth-order valence-corrected chi connectivity index (χ4v) is 3.13. The van der Waals surface area contributed by atoms with Crippen LogP contribution in [0.2, 0.25) is 0 Å². The fourth-order valence-electron chi connectivity index (χ4n) is 3.13. The van der Waals surface area contributed by atoms with E-state index in [0.717, 1.165) is 32.4 Å². The Balaban J connectivity index is 2.59. The van der Waals surface area contributed by atoms with E-state index in [1.807, 2.05) is 13.8 Å². The van der Waals surface area contributed by atoms with E-state index in [9.17, 15) is 4.79 Å². The Morgan fingerprint density at radius 2 is 2.05 bits per heavy atom. The first kappa shape index (κ1) is 18.4. The molecule has 21 heavy (non-hydrogen) atoms. The van der Waals surface area contributed by atoms with E-state index in [2.05, 4.69) is 31.1 Å². The highest BCUT2D eigenvalue weighted by Gasteiger charge is 2.47. The minimum absolute atomic E-state index is 0.134. The molecular weight excluding hydrogens is 268 g/mol. The Morgan fingerprint density at radius 3 is 2.57 bits per heavy atom. The summed E-state index contributed by atoms with van der Waals surface area (Å²) in [4.78, 5) is 14.5. The van der Waals surface area contributed by atoms with Crippen LogP contribution in [0.15, 0.2) is 0 Å². The van der Waals surface area contributed by atoms with Crippen LogP contribution < -0.4 is 5.32 Å². The highest BCUT2D eigenvalue weighted by Crippen LogP contribution is 2.34. The molecule has 1 aliphatic carbocycles. The molecule has 0 saturated heterocycles. The largest absolute Gasteiger partial charge is 0.468 e. The first-order valence-electron chi connectivity index (χ1n) is 7.98. The van der Waals surface area contributed by atoms with Crippen molar-refractivity contribution in [2.24, 2.45) is 0 Å². The summed E-state index contributed by atoms with van der Waals surface area (Å²) in [6.45, 7) is 9.85. The summed E-state index contributed by atoms with van der Waals surface area (Å²) in [5.74, 6) is -0.134. The van der Waals surface area contributed by atoms with Gasteiger partial charge in [0.2, 0.25) is 0 Å². The van der Waals surface area contributed by atoms with E-state index in [0.29, 0.717) is 6.04 Å². The Bertz CT molecular complexity index is 333. The van der Waals surface area contributed by atoms with Crippen molar-refractivity contribution in [2.45, 2.75) is 70.7 Å². The molecule has 1 N–H and O–H groups in total. The molecule has 1 rings (SSSR count). The number of carbonyl (C=O) groups is 1. The molecule has 5 heteroatoms. The predicted octanol–water partition coefficient (Wildman–Crippen LogP) is 1.81. The van der Waals surface area contributed by atoms with Gasteiger partial charge in [-0.1, -0.05) is 0 Å². The summed E-state index contributed by atoms with van der Waals surface area (Å²) >= 11 is 0. The summed E-state index contributed by atoms with van der Waals surface area (Å²) < 4.78 is 10.6. The Hall–Kier alpha value is -0.650. The van der Waals surface area contributed by atoms with Crippen LogP contribution in [0.1, 0.15) is 47.0 Å². The van der Waals surface area contributed by atoms with E-state index in [1.165, 1.54) is 7.11 Å². The number of hydrogen-bond acceptors (Lipinski definition) is 5. The molecule has 124 valence electrons. The normalized spacial score (nSPS) is 26.0. The van der Waals surface area contributed by atoms with Gasteiger partial charge >= 0.3 is 5.97 Å². The monoisotopic (exact) mass is 300 g/mol. The van der Waals surface area contributed by atoms with E-state index in [-0.39, 0.29) is 18.1 Å². The molecular formula is C16H32N2O3. The lowest BCUT2D eigenvalue weighted by Gasteiger charge is -2.31. The molecule has 0 radical (unpaired) electrons. The molecule has 2 atom stereocenters. The summed E-state index contributed by atoms with van der Waals surface area (Å²) in [7, 11) is 3.58. The predicted molar refractivity (Wildman–Crippen MR) is 84.4 cm³/mol. The fraction of sp³-hybridized carbons (Fsp3) is 0.938. The molecule has 0 amide bonds. The van der Waals surface area contributed by atoms with Gasteiger partial charge < -0.3 is 14.4 Å². The van der Waals surface area contributed by atoms with Crippen molar-refractivity contribution >= 4 is 5.97 Å². The lowest BCUT2D eigenvalue weighted by molar-refractivity contribution is -0.149. The average Bonchev–Trinajstić information content (AvgIpc) is 2.81. The molecule has 2 unspecified atom stereocenters. The van der Waals surface area contributed by atoms with Gasteiger partial charge in [-0.15, -0.1) is 0 Å². The molecule has 0 aromatic carbocycles. The summed E-state index contributed by atoms with van der Waals surface area (Å²) in [5, 5.41) is 3.43. The third-order valence-electron chi connectivity index (χ3n) is 4.15. The van der Waals surface area contributed by atoms with Crippen LogP contribution in [0.3, 0.4) is 0 Å². The van der Waals surface area contributed by atoms with Gasteiger partial charge in [0.05, 0.1) is 19.8 Å². The molecule has 1 fully saturated rings. The SMILES string of the molecule is COC(=O)C1(NC(C)C)CCC(N(C)CCOC(C)C)C1. The first-order valence-corrected chi connectivity index (χ1v) is 7.98. The van der Waals surface area contributed by atoms with Crippen LogP contribution in [0, 0.1) is 0 Å². The quantitative estimate of drug-likeness (QED) is 0.693. The van der Waals surface area contributed by atoms with Gasteiger partial charge in [0.15, 0.2) is 0 Å². The van der Waals surface area contributed by atoms with Crippen LogP contribution >= 0.6 is 0 Å². The van der Waals surface area contributed by atoms with E-state index >= 15 is 0 Å². The topological polar surface area (TPSA) is 50.8 Å². The maximum atomic E-state index is 12.2. The van der Waals surface area contributed by atoms with Gasteiger partial charge in [0.1, 0.15) is 5.54 Å². The number of methoxy groups -OCH3 is 1. The average molecular weight is 300 g/mol. The second-order valence-corrected chi connectivity index (χ2v) is 6.67. The molecule has 1 aliphatic rings. The van der Waals surface area contributed by atoms with E-state index in [4.69, 9.17) is 9.47 Å². The van der Waals surface area contributed by atoms with Gasteiger partial charge in [0.25, 0.3) is 0 Å².